The number of methoxy groups -OCH3 is 2. The first-order valence-electron chi connectivity index (χ1n) is 9.98. The maximum absolute atomic E-state index is 13.0. The third-order valence-electron chi connectivity index (χ3n) is 6.03. The zero-order valence-corrected chi connectivity index (χ0v) is 16.6. The van der Waals surface area contributed by atoms with E-state index < -0.39 is 0 Å². The van der Waals surface area contributed by atoms with E-state index in [0.29, 0.717) is 17.9 Å². The number of Topliss-reactive ketones (excluding diaryl/α,β-unsaturated/α-hetero) is 1. The van der Waals surface area contributed by atoms with Crippen LogP contribution in [0.4, 0.5) is 5.69 Å². The van der Waals surface area contributed by atoms with E-state index in [1.54, 1.807) is 14.2 Å². The molecule has 29 heavy (non-hydrogen) atoms. The number of allylic oxidation sites excluding steroid dienone is 1. The van der Waals surface area contributed by atoms with Gasteiger partial charge in [-0.25, -0.2) is 0 Å². The Labute approximate surface area is 170 Å². The largest absolute Gasteiger partial charge is 0.493 e. The molecule has 1 aliphatic heterocycles. The molecule has 0 aromatic heterocycles. The van der Waals surface area contributed by atoms with Gasteiger partial charge in [0.05, 0.1) is 25.9 Å². The van der Waals surface area contributed by atoms with Gasteiger partial charge in [0.25, 0.3) is 0 Å². The average Bonchev–Trinajstić information content (AvgIpc) is 2.78. The van der Waals surface area contributed by atoms with E-state index in [0.717, 1.165) is 35.2 Å². The number of ketones is 1. The second-order valence-corrected chi connectivity index (χ2v) is 7.57. The number of fused-ring (bicyclic) bond motifs is 4. The molecule has 0 saturated carbocycles. The Balaban J connectivity index is 1.74. The summed E-state index contributed by atoms with van der Waals surface area (Å²) in [5.41, 5.74) is 5.34. The molecule has 3 aromatic rings. The molecule has 1 heterocycles. The zero-order chi connectivity index (χ0) is 20.0. The van der Waals surface area contributed by atoms with Gasteiger partial charge in [-0.05, 0) is 41.5 Å². The van der Waals surface area contributed by atoms with E-state index in [4.69, 9.17) is 9.47 Å². The summed E-state index contributed by atoms with van der Waals surface area (Å²) in [4.78, 5) is 13.0. The van der Waals surface area contributed by atoms with Crippen LogP contribution in [0, 0.1) is 0 Å². The lowest BCUT2D eigenvalue weighted by atomic mass is 9.77. The summed E-state index contributed by atoms with van der Waals surface area (Å²) in [7, 11) is 3.26. The number of anilines is 1. The second kappa shape index (κ2) is 6.96. The lowest BCUT2D eigenvalue weighted by Gasteiger charge is -2.35. The van der Waals surface area contributed by atoms with Crippen LogP contribution < -0.4 is 14.8 Å². The number of hydrogen-bond acceptors (Lipinski definition) is 4. The Morgan fingerprint density at radius 3 is 2.59 bits per heavy atom. The molecule has 0 fully saturated rings. The molecule has 1 unspecified atom stereocenters. The summed E-state index contributed by atoms with van der Waals surface area (Å²) in [6, 6.07) is 18.4. The summed E-state index contributed by atoms with van der Waals surface area (Å²) < 4.78 is 10.9. The molecule has 5 rings (SSSR count). The summed E-state index contributed by atoms with van der Waals surface area (Å²) in [6.45, 7) is 0. The summed E-state index contributed by atoms with van der Waals surface area (Å²) in [6.07, 6.45) is 2.44. The highest BCUT2D eigenvalue weighted by atomic mass is 16.5. The van der Waals surface area contributed by atoms with Gasteiger partial charge in [-0.3, -0.25) is 4.79 Å². The smallest absolute Gasteiger partial charge is 0.161 e. The van der Waals surface area contributed by atoms with E-state index in [1.807, 2.05) is 18.2 Å². The van der Waals surface area contributed by atoms with Crippen LogP contribution in [0.2, 0.25) is 0 Å². The molecule has 1 N–H and O–H groups in total. The molecule has 0 radical (unpaired) electrons. The van der Waals surface area contributed by atoms with Gasteiger partial charge in [0.15, 0.2) is 17.3 Å². The quantitative estimate of drug-likeness (QED) is 0.644. The molecule has 0 bridgehead atoms. The van der Waals surface area contributed by atoms with Crippen molar-refractivity contribution in [1.82, 2.24) is 0 Å². The van der Waals surface area contributed by atoms with Crippen LogP contribution in [0.15, 0.2) is 60.2 Å². The van der Waals surface area contributed by atoms with E-state index in [-0.39, 0.29) is 11.8 Å². The summed E-state index contributed by atoms with van der Waals surface area (Å²) in [5.74, 6) is 1.58. The molecular formula is C25H23NO3. The van der Waals surface area contributed by atoms with E-state index in [2.05, 4.69) is 41.7 Å². The highest BCUT2D eigenvalue weighted by molar-refractivity contribution is 6.11. The lowest BCUT2D eigenvalue weighted by molar-refractivity contribution is -0.116. The molecule has 0 spiro atoms. The van der Waals surface area contributed by atoms with Crippen LogP contribution >= 0.6 is 0 Å². The predicted molar refractivity (Wildman–Crippen MR) is 116 cm³/mol. The van der Waals surface area contributed by atoms with Gasteiger partial charge in [-0.15, -0.1) is 0 Å². The van der Waals surface area contributed by atoms with Gasteiger partial charge in [0.1, 0.15) is 0 Å². The fourth-order valence-corrected chi connectivity index (χ4v) is 4.66. The van der Waals surface area contributed by atoms with Gasteiger partial charge >= 0.3 is 0 Å². The van der Waals surface area contributed by atoms with Crippen molar-refractivity contribution in [3.63, 3.8) is 0 Å². The Morgan fingerprint density at radius 1 is 0.931 bits per heavy atom. The average molecular weight is 385 g/mol. The van der Waals surface area contributed by atoms with E-state index >= 15 is 0 Å². The van der Waals surface area contributed by atoms with Crippen molar-refractivity contribution in [1.29, 1.82) is 0 Å². The fourth-order valence-electron chi connectivity index (χ4n) is 4.66. The monoisotopic (exact) mass is 385 g/mol. The molecule has 3 aromatic carbocycles. The third-order valence-corrected chi connectivity index (χ3v) is 6.03. The highest BCUT2D eigenvalue weighted by Crippen LogP contribution is 2.48. The Bertz CT molecular complexity index is 1160. The van der Waals surface area contributed by atoms with Crippen LogP contribution in [-0.2, 0) is 4.79 Å². The van der Waals surface area contributed by atoms with Gasteiger partial charge < -0.3 is 14.8 Å². The SMILES string of the molecule is COc1ccc(C2Nc3c(ccc4ccccc34)C3=C2C(=O)CCC3)cc1OC. The zero-order valence-electron chi connectivity index (χ0n) is 16.6. The molecule has 0 saturated heterocycles. The van der Waals surface area contributed by atoms with Crippen LogP contribution in [0.5, 0.6) is 11.5 Å². The minimum atomic E-state index is -0.198. The Hall–Kier alpha value is -3.27. The highest BCUT2D eigenvalue weighted by Gasteiger charge is 2.35. The topological polar surface area (TPSA) is 47.6 Å². The first kappa shape index (κ1) is 17.8. The van der Waals surface area contributed by atoms with Crippen molar-refractivity contribution < 1.29 is 14.3 Å². The second-order valence-electron chi connectivity index (χ2n) is 7.57. The van der Waals surface area contributed by atoms with Crippen molar-refractivity contribution in [2.75, 3.05) is 19.5 Å². The first-order chi connectivity index (χ1) is 14.2. The molecule has 4 heteroatoms. The maximum Gasteiger partial charge on any atom is 0.161 e. The van der Waals surface area contributed by atoms with E-state index in [1.165, 1.54) is 16.3 Å². The van der Waals surface area contributed by atoms with Gasteiger partial charge in [0.2, 0.25) is 0 Å². The molecule has 1 atom stereocenters. The number of nitrogens with one attached hydrogen (secondary N) is 1. The van der Waals surface area contributed by atoms with Crippen molar-refractivity contribution >= 4 is 27.8 Å². The molecule has 4 nitrogen and oxygen atoms in total. The molecule has 2 aliphatic rings. The van der Waals surface area contributed by atoms with Crippen molar-refractivity contribution in [2.24, 2.45) is 0 Å². The molecule has 146 valence electrons. The van der Waals surface area contributed by atoms with Gasteiger partial charge in [-0.2, -0.15) is 0 Å². The van der Waals surface area contributed by atoms with Crippen LogP contribution in [0.25, 0.3) is 16.3 Å². The van der Waals surface area contributed by atoms with Crippen LogP contribution in [0.1, 0.15) is 36.4 Å². The number of rotatable bonds is 3. The predicted octanol–water partition coefficient (Wildman–Crippen LogP) is 5.53. The fraction of sp³-hybridized carbons (Fsp3) is 0.240. The van der Waals surface area contributed by atoms with Crippen LogP contribution in [-0.4, -0.2) is 20.0 Å². The number of carbonyl (C=O) groups excluding carboxylic acids is 1. The van der Waals surface area contributed by atoms with Crippen molar-refractivity contribution in [3.05, 3.63) is 71.3 Å². The molecule has 1 aliphatic carbocycles. The summed E-state index contributed by atoms with van der Waals surface area (Å²) in [5, 5.41) is 6.07. The van der Waals surface area contributed by atoms with Crippen molar-refractivity contribution in [3.8, 4) is 11.5 Å². The van der Waals surface area contributed by atoms with Gasteiger partial charge in [-0.1, -0.05) is 42.5 Å². The van der Waals surface area contributed by atoms with Gasteiger partial charge in [0, 0.05) is 22.9 Å². The number of carbonyl (C=O) groups is 1. The number of benzene rings is 3. The standard InChI is InChI=1S/C25H23NO3/c1-28-21-13-11-16(14-22(21)29-2)24-23-18(8-5-9-20(23)27)19-12-10-15-6-3-4-7-17(15)25(19)26-24/h3-4,6-7,10-14,24,26H,5,8-9H2,1-2H3. The number of ether oxygens (including phenoxy) is 2. The molecule has 0 amide bonds. The third kappa shape index (κ3) is 2.79. The maximum atomic E-state index is 13.0. The Morgan fingerprint density at radius 2 is 1.76 bits per heavy atom. The Kier molecular flexibility index (Phi) is 4.27. The summed E-state index contributed by atoms with van der Waals surface area (Å²) >= 11 is 0. The lowest BCUT2D eigenvalue weighted by Crippen LogP contribution is -2.27. The van der Waals surface area contributed by atoms with Crippen molar-refractivity contribution in [2.45, 2.75) is 25.3 Å². The van der Waals surface area contributed by atoms with E-state index in [9.17, 15) is 4.79 Å². The molecular weight excluding hydrogens is 362 g/mol. The minimum Gasteiger partial charge on any atom is -0.493 e. The number of hydrogen-bond donors (Lipinski definition) is 1. The minimum absolute atomic E-state index is 0.198. The normalized spacial score (nSPS) is 18.1. The first-order valence-corrected chi connectivity index (χ1v) is 9.98. The van der Waals surface area contributed by atoms with Crippen LogP contribution in [0.3, 0.4) is 0 Å².